The Morgan fingerprint density at radius 2 is 2.00 bits per heavy atom. The van der Waals surface area contributed by atoms with Gasteiger partial charge < -0.3 is 0 Å². The molecule has 0 N–H and O–H groups in total. The molecule has 66 valence electrons. The molecule has 0 fully saturated rings. The van der Waals surface area contributed by atoms with E-state index in [1.165, 1.54) is 11.1 Å². The summed E-state index contributed by atoms with van der Waals surface area (Å²) in [5.41, 5.74) is 3.80. The summed E-state index contributed by atoms with van der Waals surface area (Å²) < 4.78 is 0. The van der Waals surface area contributed by atoms with E-state index in [0.29, 0.717) is 5.92 Å². The van der Waals surface area contributed by atoms with E-state index in [0.717, 1.165) is 12.1 Å². The average molecular weight is 163 g/mol. The first-order chi connectivity index (χ1) is 5.59. The van der Waals surface area contributed by atoms with E-state index < -0.39 is 0 Å². The molecule has 1 aromatic rings. The van der Waals surface area contributed by atoms with Crippen molar-refractivity contribution in [3.63, 3.8) is 0 Å². The van der Waals surface area contributed by atoms with Crippen molar-refractivity contribution in [2.45, 2.75) is 34.1 Å². The van der Waals surface area contributed by atoms with Crippen molar-refractivity contribution < 1.29 is 0 Å². The second-order valence-electron chi connectivity index (χ2n) is 3.84. The molecule has 1 heteroatoms. The van der Waals surface area contributed by atoms with Crippen LogP contribution < -0.4 is 0 Å². The van der Waals surface area contributed by atoms with Gasteiger partial charge in [-0.2, -0.15) is 0 Å². The lowest BCUT2D eigenvalue weighted by Crippen LogP contribution is -1.97. The van der Waals surface area contributed by atoms with Gasteiger partial charge in [-0.05, 0) is 37.3 Å². The second-order valence-corrected chi connectivity index (χ2v) is 3.84. The highest BCUT2D eigenvalue weighted by atomic mass is 14.7. The molecule has 0 radical (unpaired) electrons. The molecule has 0 aliphatic carbocycles. The van der Waals surface area contributed by atoms with Gasteiger partial charge in [0, 0.05) is 11.9 Å². The van der Waals surface area contributed by atoms with E-state index >= 15 is 0 Å². The minimum Gasteiger partial charge on any atom is -0.261 e. The Morgan fingerprint density at radius 1 is 1.33 bits per heavy atom. The van der Waals surface area contributed by atoms with Gasteiger partial charge in [-0.1, -0.05) is 19.9 Å². The van der Waals surface area contributed by atoms with Crippen LogP contribution in [0.1, 0.15) is 30.7 Å². The van der Waals surface area contributed by atoms with Gasteiger partial charge in [0.2, 0.25) is 0 Å². The largest absolute Gasteiger partial charge is 0.261 e. The van der Waals surface area contributed by atoms with Crippen LogP contribution in [0.5, 0.6) is 0 Å². The standard InChI is InChI=1S/C11H17N/c1-8(2)5-11-6-9(3)10(4)12-7-11/h6-8H,5H2,1-4H3. The van der Waals surface area contributed by atoms with Crippen molar-refractivity contribution in [1.29, 1.82) is 0 Å². The average Bonchev–Trinajstić information content (AvgIpc) is 1.96. The van der Waals surface area contributed by atoms with Crippen molar-refractivity contribution in [3.8, 4) is 0 Å². The van der Waals surface area contributed by atoms with Crippen LogP contribution >= 0.6 is 0 Å². The quantitative estimate of drug-likeness (QED) is 0.653. The third-order valence-electron chi connectivity index (χ3n) is 2.04. The zero-order valence-corrected chi connectivity index (χ0v) is 8.39. The Hall–Kier alpha value is -0.850. The molecular formula is C11H17N. The van der Waals surface area contributed by atoms with Crippen molar-refractivity contribution in [2.75, 3.05) is 0 Å². The molecule has 0 spiro atoms. The molecule has 0 aliphatic heterocycles. The Labute approximate surface area is 74.8 Å². The van der Waals surface area contributed by atoms with Gasteiger partial charge in [-0.25, -0.2) is 0 Å². The molecule has 1 heterocycles. The van der Waals surface area contributed by atoms with Crippen LogP contribution in [0.3, 0.4) is 0 Å². The fourth-order valence-corrected chi connectivity index (χ4v) is 1.28. The summed E-state index contributed by atoms with van der Waals surface area (Å²) in [6, 6.07) is 2.24. The van der Waals surface area contributed by atoms with Crippen LogP contribution in [0.2, 0.25) is 0 Å². The van der Waals surface area contributed by atoms with Crippen molar-refractivity contribution in [2.24, 2.45) is 5.92 Å². The number of nitrogens with zero attached hydrogens (tertiary/aromatic N) is 1. The molecule has 1 nitrogen and oxygen atoms in total. The first kappa shape index (κ1) is 9.24. The predicted molar refractivity (Wildman–Crippen MR) is 52.3 cm³/mol. The number of pyridine rings is 1. The highest BCUT2D eigenvalue weighted by Crippen LogP contribution is 2.10. The van der Waals surface area contributed by atoms with E-state index in [-0.39, 0.29) is 0 Å². The van der Waals surface area contributed by atoms with Crippen molar-refractivity contribution in [1.82, 2.24) is 4.98 Å². The number of aromatic nitrogens is 1. The first-order valence-electron chi connectivity index (χ1n) is 4.51. The van der Waals surface area contributed by atoms with Crippen LogP contribution in [0.15, 0.2) is 12.3 Å². The molecule has 0 aliphatic rings. The molecule has 12 heavy (non-hydrogen) atoms. The number of rotatable bonds is 2. The maximum absolute atomic E-state index is 4.33. The lowest BCUT2D eigenvalue weighted by molar-refractivity contribution is 0.645. The first-order valence-corrected chi connectivity index (χ1v) is 4.51. The van der Waals surface area contributed by atoms with E-state index in [1.54, 1.807) is 0 Å². The minimum absolute atomic E-state index is 0.717. The van der Waals surface area contributed by atoms with Crippen molar-refractivity contribution in [3.05, 3.63) is 29.1 Å². The summed E-state index contributed by atoms with van der Waals surface area (Å²) in [6.07, 6.45) is 3.12. The van der Waals surface area contributed by atoms with Gasteiger partial charge >= 0.3 is 0 Å². The monoisotopic (exact) mass is 163 g/mol. The number of hydrogen-bond donors (Lipinski definition) is 0. The summed E-state index contributed by atoms with van der Waals surface area (Å²) >= 11 is 0. The fourth-order valence-electron chi connectivity index (χ4n) is 1.28. The Bertz CT molecular complexity index is 264. The molecule has 0 saturated carbocycles. The Kier molecular flexibility index (Phi) is 2.85. The van der Waals surface area contributed by atoms with Crippen LogP contribution in [-0.4, -0.2) is 4.98 Å². The molecule has 0 saturated heterocycles. The highest BCUT2D eigenvalue weighted by Gasteiger charge is 1.99. The lowest BCUT2D eigenvalue weighted by Gasteiger charge is -2.06. The number of hydrogen-bond acceptors (Lipinski definition) is 1. The molecule has 0 atom stereocenters. The smallest absolute Gasteiger partial charge is 0.0401 e. The second kappa shape index (κ2) is 3.70. The van der Waals surface area contributed by atoms with E-state index in [4.69, 9.17) is 0 Å². The summed E-state index contributed by atoms with van der Waals surface area (Å²) in [7, 11) is 0. The summed E-state index contributed by atoms with van der Waals surface area (Å²) in [5, 5.41) is 0. The predicted octanol–water partition coefficient (Wildman–Crippen LogP) is 2.90. The Balaban J connectivity index is 2.82. The summed E-state index contributed by atoms with van der Waals surface area (Å²) in [5.74, 6) is 0.717. The van der Waals surface area contributed by atoms with Gasteiger partial charge in [0.15, 0.2) is 0 Å². The van der Waals surface area contributed by atoms with Crippen LogP contribution in [0.4, 0.5) is 0 Å². The molecule has 0 bridgehead atoms. The zero-order chi connectivity index (χ0) is 9.14. The fraction of sp³-hybridized carbons (Fsp3) is 0.545. The van der Waals surface area contributed by atoms with Gasteiger partial charge in [0.05, 0.1) is 0 Å². The van der Waals surface area contributed by atoms with Crippen LogP contribution in [0.25, 0.3) is 0 Å². The SMILES string of the molecule is Cc1cc(CC(C)C)cnc1C. The van der Waals surface area contributed by atoms with Crippen molar-refractivity contribution >= 4 is 0 Å². The molecule has 0 aromatic carbocycles. The molecule has 1 rings (SSSR count). The normalized spacial score (nSPS) is 10.8. The van der Waals surface area contributed by atoms with Crippen LogP contribution in [-0.2, 0) is 6.42 Å². The molecule has 1 aromatic heterocycles. The zero-order valence-electron chi connectivity index (χ0n) is 8.39. The molecular weight excluding hydrogens is 146 g/mol. The van der Waals surface area contributed by atoms with E-state index in [9.17, 15) is 0 Å². The van der Waals surface area contributed by atoms with Gasteiger partial charge in [-0.15, -0.1) is 0 Å². The summed E-state index contributed by atoms with van der Waals surface area (Å²) in [4.78, 5) is 4.33. The third kappa shape index (κ3) is 2.33. The van der Waals surface area contributed by atoms with Gasteiger partial charge in [-0.3, -0.25) is 4.98 Å². The van der Waals surface area contributed by atoms with Gasteiger partial charge in [0.25, 0.3) is 0 Å². The molecule has 0 unspecified atom stereocenters. The summed E-state index contributed by atoms with van der Waals surface area (Å²) in [6.45, 7) is 8.63. The highest BCUT2D eigenvalue weighted by molar-refractivity contribution is 5.23. The maximum atomic E-state index is 4.33. The number of aryl methyl sites for hydroxylation is 2. The third-order valence-corrected chi connectivity index (χ3v) is 2.04. The van der Waals surface area contributed by atoms with Crippen LogP contribution in [0, 0.1) is 19.8 Å². The maximum Gasteiger partial charge on any atom is 0.0401 e. The van der Waals surface area contributed by atoms with Gasteiger partial charge in [0.1, 0.15) is 0 Å². The minimum atomic E-state index is 0.717. The molecule has 0 amide bonds. The van der Waals surface area contributed by atoms with E-state index in [2.05, 4.69) is 38.7 Å². The van der Waals surface area contributed by atoms with E-state index in [1.807, 2.05) is 6.20 Å². The lowest BCUT2D eigenvalue weighted by atomic mass is 10.0. The Morgan fingerprint density at radius 3 is 2.50 bits per heavy atom. The topological polar surface area (TPSA) is 12.9 Å².